The number of hydrogen-bond donors (Lipinski definition) is 1. The summed E-state index contributed by atoms with van der Waals surface area (Å²) in [6, 6.07) is 0. The maximum absolute atomic E-state index is 8.55. The van der Waals surface area contributed by atoms with Crippen LogP contribution in [0.2, 0.25) is 0 Å². The molecule has 0 saturated heterocycles. The van der Waals surface area contributed by atoms with Crippen LogP contribution < -0.4 is 20.8 Å². The first-order valence-corrected chi connectivity index (χ1v) is 2.19. The first kappa shape index (κ1) is 15.7. The van der Waals surface area contributed by atoms with Crippen LogP contribution in [0, 0.1) is 0 Å². The molecule has 0 unspecified atom stereocenters. The van der Waals surface area contributed by atoms with Crippen LogP contribution >= 0.6 is 7.82 Å². The first-order valence-electron chi connectivity index (χ1n) is 0.730. The Labute approximate surface area is 65.8 Å². The third-order valence-corrected chi connectivity index (χ3v) is 0. The third kappa shape index (κ3) is 139. The molecule has 5 nitrogen and oxygen atoms in total. The molecular weight excluding hydrogens is 198 g/mol. The van der Waals surface area contributed by atoms with E-state index in [1.54, 1.807) is 0 Å². The van der Waals surface area contributed by atoms with Crippen LogP contribution in [0.1, 0.15) is 0 Å². The number of quaternary nitrogens is 1. The quantitative estimate of drug-likeness (QED) is 0.437. The van der Waals surface area contributed by atoms with Crippen molar-refractivity contribution in [3.63, 3.8) is 0 Å². The van der Waals surface area contributed by atoms with Crippen LogP contribution in [0.15, 0.2) is 0 Å². The van der Waals surface area contributed by atoms with Gasteiger partial charge in [0, 0.05) is 32.7 Å². The van der Waals surface area contributed by atoms with Gasteiger partial charge in [0.2, 0.25) is 0 Å². The molecule has 4 N–H and O–H groups in total. The van der Waals surface area contributed by atoms with Gasteiger partial charge in [-0.2, -0.15) is 7.82 Å². The molecule has 0 aliphatic rings. The molecule has 43 valence electrons. The summed E-state index contributed by atoms with van der Waals surface area (Å²) in [5.41, 5.74) is 0. The van der Waals surface area contributed by atoms with Crippen LogP contribution in [0.25, 0.3) is 0 Å². The molecule has 0 spiro atoms. The minimum atomic E-state index is -5.39. The summed E-state index contributed by atoms with van der Waals surface area (Å²) in [5.74, 6) is 0. The van der Waals surface area contributed by atoms with Gasteiger partial charge in [-0.15, -0.1) is 0 Å². The largest absolute Gasteiger partial charge is 0.822 e. The topological polar surface area (TPSA) is 123 Å². The summed E-state index contributed by atoms with van der Waals surface area (Å²) in [6.07, 6.45) is 0. The first-order chi connectivity index (χ1) is 2.00. The van der Waals surface area contributed by atoms with Crippen molar-refractivity contribution in [3.8, 4) is 0 Å². The van der Waals surface area contributed by atoms with Gasteiger partial charge >= 0.3 is 0 Å². The van der Waals surface area contributed by atoms with E-state index in [2.05, 4.69) is 0 Å². The molecule has 0 fully saturated rings. The molecule has 1 radical (unpaired) electrons. The van der Waals surface area contributed by atoms with Crippen LogP contribution in [-0.4, -0.2) is 0 Å². The number of hydrogen-bond acceptors (Lipinski definition) is 4. The molecule has 7 heavy (non-hydrogen) atoms. The Morgan fingerprint density at radius 3 is 1.14 bits per heavy atom. The van der Waals surface area contributed by atoms with Gasteiger partial charge in [0.1, 0.15) is 0 Å². The van der Waals surface area contributed by atoms with Gasteiger partial charge in [-0.25, -0.2) is 0 Å². The van der Waals surface area contributed by atoms with E-state index in [0.717, 1.165) is 0 Å². The fraction of sp³-hybridized carbons (Fsp3) is 0. The summed E-state index contributed by atoms with van der Waals surface area (Å²) in [5, 5.41) is 0. The van der Waals surface area contributed by atoms with E-state index in [9.17, 15) is 0 Å². The van der Waals surface area contributed by atoms with Gasteiger partial charge in [0.05, 0.1) is 0 Å². The number of rotatable bonds is 0. The van der Waals surface area contributed by atoms with Crippen molar-refractivity contribution in [1.29, 1.82) is 0 Å². The maximum atomic E-state index is 8.55. The summed E-state index contributed by atoms with van der Waals surface area (Å²) in [7, 11) is -5.39. The molecule has 0 aromatic heterocycles. The summed E-state index contributed by atoms with van der Waals surface area (Å²) in [6.45, 7) is 0. The molecule has 0 aliphatic heterocycles. The smallest absolute Gasteiger partial charge is 0 e. The van der Waals surface area contributed by atoms with E-state index in [4.69, 9.17) is 19.2 Å². The molecule has 0 saturated carbocycles. The van der Waals surface area contributed by atoms with E-state index in [1.807, 2.05) is 0 Å². The monoisotopic (exact) mass is 202 g/mol. The molecule has 0 atom stereocenters. The molecule has 0 aromatic carbocycles. The second-order valence-electron chi connectivity index (χ2n) is 0.447. The predicted molar refractivity (Wildman–Crippen MR) is 13.6 cm³/mol. The van der Waals surface area contributed by atoms with Gasteiger partial charge in [0.15, 0.2) is 0 Å². The van der Waals surface area contributed by atoms with Gasteiger partial charge in [0.25, 0.3) is 0 Å². The third-order valence-electron chi connectivity index (χ3n) is 0. The molecule has 0 amide bonds. The maximum Gasteiger partial charge on any atom is 0 e. The van der Waals surface area contributed by atoms with Crippen LogP contribution in [0.5, 0.6) is 0 Å². The Kier molecular flexibility index (Phi) is 11.9. The van der Waals surface area contributed by atoms with Gasteiger partial charge in [-0.1, -0.05) is 0 Å². The van der Waals surface area contributed by atoms with E-state index in [-0.39, 0.29) is 38.9 Å². The molecule has 7 heteroatoms. The summed E-state index contributed by atoms with van der Waals surface area (Å²) in [4.78, 5) is 25.6. The molecule has 0 heterocycles. The normalized spacial score (nSPS) is 8.43. The molecule has 0 rings (SSSR count). The van der Waals surface area contributed by atoms with E-state index in [1.165, 1.54) is 0 Å². The fourth-order valence-corrected chi connectivity index (χ4v) is 0. The Morgan fingerprint density at radius 1 is 1.14 bits per heavy atom. The van der Waals surface area contributed by atoms with Crippen molar-refractivity contribution in [1.82, 2.24) is 6.15 Å². The SMILES string of the molecule is O=P([O-])([O-])[O-].[NH4+].[Y]. The predicted octanol–water partition coefficient (Wildman–Crippen LogP) is -2.45. The zero-order valence-electron chi connectivity index (χ0n) is 3.66. The van der Waals surface area contributed by atoms with Crippen molar-refractivity contribution in [3.05, 3.63) is 0 Å². The summed E-state index contributed by atoms with van der Waals surface area (Å²) >= 11 is 0. The Hall–Kier alpha value is 1.17. The Balaban J connectivity index is -0.0000000800. The van der Waals surface area contributed by atoms with Crippen molar-refractivity contribution in [2.45, 2.75) is 0 Å². The Bertz CT molecular complexity index is 57.8. The van der Waals surface area contributed by atoms with Crippen LogP contribution in [0.3, 0.4) is 0 Å². The zero-order chi connectivity index (χ0) is 4.50. The van der Waals surface area contributed by atoms with E-state index in [0.29, 0.717) is 0 Å². The zero-order valence-corrected chi connectivity index (χ0v) is 7.39. The second-order valence-corrected chi connectivity index (χ2v) is 1.34. The van der Waals surface area contributed by atoms with Crippen LogP contribution in [-0.2, 0) is 37.3 Å². The van der Waals surface area contributed by atoms with Gasteiger partial charge < -0.3 is 25.4 Å². The van der Waals surface area contributed by atoms with E-state index >= 15 is 0 Å². The Morgan fingerprint density at radius 2 is 1.14 bits per heavy atom. The standard InChI is InChI=1S/H3N.H3O4P.Y/c;1-5(2,3)4;/h1H3;(H3,1,2,3,4);/p-2. The van der Waals surface area contributed by atoms with Crippen molar-refractivity contribution < 1.29 is 52.0 Å². The summed E-state index contributed by atoms with van der Waals surface area (Å²) < 4.78 is 8.55. The molecule has 0 aromatic rings. The van der Waals surface area contributed by atoms with Crippen molar-refractivity contribution >= 4 is 7.82 Å². The second kappa shape index (κ2) is 5.31. The van der Waals surface area contributed by atoms with E-state index < -0.39 is 7.82 Å². The molecule has 0 bridgehead atoms. The number of phosphoric acid groups is 1. The fourth-order valence-electron chi connectivity index (χ4n) is 0. The van der Waals surface area contributed by atoms with Crippen LogP contribution in [0.4, 0.5) is 0 Å². The minimum Gasteiger partial charge on any atom is -0.822 e. The molecular formula is H4NO4PY-2. The van der Waals surface area contributed by atoms with Crippen molar-refractivity contribution in [2.24, 2.45) is 0 Å². The average molecular weight is 202 g/mol. The van der Waals surface area contributed by atoms with Crippen molar-refractivity contribution in [2.75, 3.05) is 0 Å². The van der Waals surface area contributed by atoms with Gasteiger partial charge in [-0.05, 0) is 0 Å². The van der Waals surface area contributed by atoms with Gasteiger partial charge in [-0.3, -0.25) is 0 Å². The minimum absolute atomic E-state index is 0. The average Bonchev–Trinajstić information content (AvgIpc) is 0.722. The molecule has 0 aliphatic carbocycles.